The number of likely N-dealkylation sites (tertiary alicyclic amines) is 1. The molecule has 2 fully saturated rings. The Kier molecular flexibility index (Phi) is 12.9. The average Bonchev–Trinajstić information content (AvgIpc) is 2.67. The van der Waals surface area contributed by atoms with Crippen LogP contribution in [-0.4, -0.2) is 64.0 Å². The Morgan fingerprint density at radius 2 is 1.74 bits per heavy atom. The van der Waals surface area contributed by atoms with Crippen LogP contribution >= 0.6 is 24.0 Å². The summed E-state index contributed by atoms with van der Waals surface area (Å²) < 4.78 is 11.0. The molecule has 0 spiro atoms. The normalized spacial score (nSPS) is 24.8. The van der Waals surface area contributed by atoms with E-state index in [1.54, 1.807) is 7.11 Å². The van der Waals surface area contributed by atoms with Crippen molar-refractivity contribution < 1.29 is 9.47 Å². The van der Waals surface area contributed by atoms with Gasteiger partial charge in [-0.15, -0.1) is 24.0 Å². The number of rotatable bonds is 8. The van der Waals surface area contributed by atoms with Crippen LogP contribution < -0.4 is 5.32 Å². The predicted octanol–water partition coefficient (Wildman–Crippen LogP) is 4.16. The molecule has 0 unspecified atom stereocenters. The van der Waals surface area contributed by atoms with Gasteiger partial charge in [-0.3, -0.25) is 4.99 Å². The van der Waals surface area contributed by atoms with Gasteiger partial charge in [-0.2, -0.15) is 0 Å². The zero-order valence-corrected chi connectivity index (χ0v) is 20.2. The highest BCUT2D eigenvalue weighted by molar-refractivity contribution is 14.0. The van der Waals surface area contributed by atoms with Gasteiger partial charge in [0.15, 0.2) is 5.96 Å². The minimum Gasteiger partial charge on any atom is -0.385 e. The van der Waals surface area contributed by atoms with Gasteiger partial charge in [-0.25, -0.2) is 0 Å². The fourth-order valence-corrected chi connectivity index (χ4v) is 4.31. The van der Waals surface area contributed by atoms with Crippen molar-refractivity contribution in [3.05, 3.63) is 0 Å². The number of ether oxygens (including phenoxy) is 2. The Morgan fingerprint density at radius 1 is 1.07 bits per heavy atom. The highest BCUT2D eigenvalue weighted by Crippen LogP contribution is 2.32. The molecule has 0 atom stereocenters. The highest BCUT2D eigenvalue weighted by Gasteiger charge is 2.25. The SMILES string of the molecule is CN=C(NCC1CCC(C(C)C)CC1)N1CCC(OCCCOC)CC1.I. The number of hydrogen-bond acceptors (Lipinski definition) is 3. The van der Waals surface area contributed by atoms with E-state index in [-0.39, 0.29) is 24.0 Å². The standard InChI is InChI=1S/C21H41N3O2.HI/c1-17(2)19-8-6-18(7-9-19)16-23-21(22-3)24-12-10-20(11-13-24)26-15-5-14-25-4;/h17-20H,5-16H2,1-4H3,(H,22,23);1H. The van der Waals surface area contributed by atoms with E-state index in [2.05, 4.69) is 29.1 Å². The van der Waals surface area contributed by atoms with Gasteiger partial charge in [0.1, 0.15) is 0 Å². The number of aliphatic imine (C=N–C) groups is 1. The van der Waals surface area contributed by atoms with Crippen LogP contribution in [0.4, 0.5) is 0 Å². The van der Waals surface area contributed by atoms with Gasteiger partial charge >= 0.3 is 0 Å². The Hall–Kier alpha value is -0.0800. The summed E-state index contributed by atoms with van der Waals surface area (Å²) in [5.74, 6) is 3.67. The number of nitrogens with zero attached hydrogens (tertiary/aromatic N) is 2. The van der Waals surface area contributed by atoms with E-state index >= 15 is 0 Å². The summed E-state index contributed by atoms with van der Waals surface area (Å²) in [5, 5.41) is 3.65. The summed E-state index contributed by atoms with van der Waals surface area (Å²) in [5.41, 5.74) is 0. The van der Waals surface area contributed by atoms with Crippen molar-refractivity contribution >= 4 is 29.9 Å². The largest absolute Gasteiger partial charge is 0.385 e. The number of guanidine groups is 1. The van der Waals surface area contributed by atoms with Crippen LogP contribution in [0.15, 0.2) is 4.99 Å². The van der Waals surface area contributed by atoms with E-state index in [4.69, 9.17) is 9.47 Å². The zero-order valence-electron chi connectivity index (χ0n) is 17.9. The Bertz CT molecular complexity index is 404. The molecule has 6 heteroatoms. The van der Waals surface area contributed by atoms with E-state index in [1.807, 2.05) is 7.05 Å². The first-order valence-electron chi connectivity index (χ1n) is 10.7. The van der Waals surface area contributed by atoms with Gasteiger partial charge < -0.3 is 19.7 Å². The lowest BCUT2D eigenvalue weighted by molar-refractivity contribution is 0.00986. The van der Waals surface area contributed by atoms with Crippen molar-refractivity contribution in [2.75, 3.05) is 47.0 Å². The lowest BCUT2D eigenvalue weighted by atomic mass is 9.77. The van der Waals surface area contributed by atoms with Crippen LogP contribution in [-0.2, 0) is 9.47 Å². The second-order valence-corrected chi connectivity index (χ2v) is 8.36. The summed E-state index contributed by atoms with van der Waals surface area (Å²) in [6.07, 6.45) is 9.09. The molecule has 0 aromatic carbocycles. The van der Waals surface area contributed by atoms with E-state index < -0.39 is 0 Å². The van der Waals surface area contributed by atoms with E-state index in [0.29, 0.717) is 6.10 Å². The quantitative estimate of drug-likeness (QED) is 0.238. The van der Waals surface area contributed by atoms with Crippen molar-refractivity contribution in [3.8, 4) is 0 Å². The smallest absolute Gasteiger partial charge is 0.193 e. The van der Waals surface area contributed by atoms with Gasteiger partial charge in [0, 0.05) is 47.0 Å². The zero-order chi connectivity index (χ0) is 18.8. The molecule has 2 aliphatic rings. The van der Waals surface area contributed by atoms with Crippen LogP contribution in [0, 0.1) is 17.8 Å². The fraction of sp³-hybridized carbons (Fsp3) is 0.952. The molecule has 0 radical (unpaired) electrons. The van der Waals surface area contributed by atoms with Crippen molar-refractivity contribution in [1.29, 1.82) is 0 Å². The van der Waals surface area contributed by atoms with Crippen molar-refractivity contribution in [2.45, 2.75) is 64.9 Å². The lowest BCUT2D eigenvalue weighted by Gasteiger charge is -2.35. The molecule has 1 saturated carbocycles. The molecule has 0 aromatic heterocycles. The van der Waals surface area contributed by atoms with Crippen molar-refractivity contribution in [1.82, 2.24) is 10.2 Å². The molecule has 0 amide bonds. The topological polar surface area (TPSA) is 46.1 Å². The number of methoxy groups -OCH3 is 1. The molecule has 1 aliphatic carbocycles. The molecule has 2 rings (SSSR count). The van der Waals surface area contributed by atoms with E-state index in [9.17, 15) is 0 Å². The maximum atomic E-state index is 5.96. The molecule has 1 N–H and O–H groups in total. The summed E-state index contributed by atoms with van der Waals surface area (Å²) in [6.45, 7) is 9.49. The second kappa shape index (κ2) is 14.0. The molecule has 5 nitrogen and oxygen atoms in total. The Labute approximate surface area is 184 Å². The maximum Gasteiger partial charge on any atom is 0.193 e. The van der Waals surface area contributed by atoms with E-state index in [1.165, 1.54) is 25.7 Å². The first kappa shape index (κ1) is 25.0. The third-order valence-electron chi connectivity index (χ3n) is 6.18. The minimum absolute atomic E-state index is 0. The van der Waals surface area contributed by atoms with Crippen molar-refractivity contribution in [3.63, 3.8) is 0 Å². The summed E-state index contributed by atoms with van der Waals surface area (Å²) in [7, 11) is 3.65. The third kappa shape index (κ3) is 8.86. The van der Waals surface area contributed by atoms with Gasteiger partial charge in [-0.1, -0.05) is 13.8 Å². The molecule has 160 valence electrons. The van der Waals surface area contributed by atoms with Gasteiger partial charge in [0.05, 0.1) is 6.10 Å². The molecule has 0 aromatic rings. The fourth-order valence-electron chi connectivity index (χ4n) is 4.31. The Balaban J connectivity index is 0.00000364. The summed E-state index contributed by atoms with van der Waals surface area (Å²) >= 11 is 0. The van der Waals surface area contributed by atoms with Crippen LogP contribution in [0.2, 0.25) is 0 Å². The van der Waals surface area contributed by atoms with Crippen LogP contribution in [0.1, 0.15) is 58.8 Å². The summed E-state index contributed by atoms with van der Waals surface area (Å²) in [6, 6.07) is 0. The average molecular weight is 495 g/mol. The van der Waals surface area contributed by atoms with Gasteiger partial charge in [0.2, 0.25) is 0 Å². The number of piperidine rings is 1. The Morgan fingerprint density at radius 3 is 2.30 bits per heavy atom. The maximum absolute atomic E-state index is 5.96. The van der Waals surface area contributed by atoms with Gasteiger partial charge in [0.25, 0.3) is 0 Å². The van der Waals surface area contributed by atoms with Crippen LogP contribution in [0.5, 0.6) is 0 Å². The minimum atomic E-state index is 0. The van der Waals surface area contributed by atoms with Crippen LogP contribution in [0.25, 0.3) is 0 Å². The van der Waals surface area contributed by atoms with Crippen LogP contribution in [0.3, 0.4) is 0 Å². The number of hydrogen-bond donors (Lipinski definition) is 1. The third-order valence-corrected chi connectivity index (χ3v) is 6.18. The van der Waals surface area contributed by atoms with Crippen molar-refractivity contribution in [2.24, 2.45) is 22.7 Å². The lowest BCUT2D eigenvalue weighted by Crippen LogP contribution is -2.48. The first-order valence-corrected chi connectivity index (χ1v) is 10.7. The molecule has 27 heavy (non-hydrogen) atoms. The molecule has 1 aliphatic heterocycles. The molecule has 0 bridgehead atoms. The van der Waals surface area contributed by atoms with Gasteiger partial charge in [-0.05, 0) is 62.7 Å². The molecule has 1 heterocycles. The monoisotopic (exact) mass is 495 g/mol. The predicted molar refractivity (Wildman–Crippen MR) is 124 cm³/mol. The van der Waals surface area contributed by atoms with E-state index in [0.717, 1.165) is 75.8 Å². The highest BCUT2D eigenvalue weighted by atomic mass is 127. The molecule has 1 saturated heterocycles. The second-order valence-electron chi connectivity index (χ2n) is 8.36. The number of halogens is 1. The number of nitrogens with one attached hydrogen (secondary N) is 1. The molecular formula is C21H42IN3O2. The first-order chi connectivity index (χ1) is 12.6. The molecular weight excluding hydrogens is 453 g/mol. The summed E-state index contributed by atoms with van der Waals surface area (Å²) in [4.78, 5) is 6.92.